The van der Waals surface area contributed by atoms with Gasteiger partial charge in [-0.2, -0.15) is 5.10 Å². The third-order valence-corrected chi connectivity index (χ3v) is 3.70. The van der Waals surface area contributed by atoms with E-state index in [1.54, 1.807) is 4.68 Å². The van der Waals surface area contributed by atoms with E-state index in [1.165, 1.54) is 7.11 Å². The molecule has 0 spiro atoms. The maximum atomic E-state index is 12.0. The number of methoxy groups -OCH3 is 1. The lowest BCUT2D eigenvalue weighted by Gasteiger charge is -2.11. The molecule has 0 aromatic carbocycles. The Morgan fingerprint density at radius 2 is 2.38 bits per heavy atom. The Labute approximate surface area is 125 Å². The lowest BCUT2D eigenvalue weighted by atomic mass is 10.1. The number of nitrogens with one attached hydrogen (secondary N) is 2. The number of nitrogen functional groups attached to an aromatic ring is 1. The summed E-state index contributed by atoms with van der Waals surface area (Å²) < 4.78 is 6.52. The standard InChI is InChI=1S/C14H25N5O2/c1-9(2)5-7-19-12(15)11(14(20)21-3)13(18-19)17-10-4-6-16-8-10/h9-10,16H,4-8,15H2,1-3H3,(H,17,18). The van der Waals surface area contributed by atoms with Gasteiger partial charge in [-0.1, -0.05) is 13.8 Å². The summed E-state index contributed by atoms with van der Waals surface area (Å²) in [6.07, 6.45) is 1.95. The van der Waals surface area contributed by atoms with Crippen molar-refractivity contribution in [2.24, 2.45) is 5.92 Å². The van der Waals surface area contributed by atoms with Gasteiger partial charge in [0, 0.05) is 19.1 Å². The molecule has 7 nitrogen and oxygen atoms in total. The molecule has 1 atom stereocenters. The first kappa shape index (κ1) is 15.6. The maximum Gasteiger partial charge on any atom is 0.345 e. The molecule has 1 unspecified atom stereocenters. The lowest BCUT2D eigenvalue weighted by molar-refractivity contribution is 0.0603. The number of hydrogen-bond donors (Lipinski definition) is 3. The van der Waals surface area contributed by atoms with Crippen molar-refractivity contribution in [1.82, 2.24) is 15.1 Å². The van der Waals surface area contributed by atoms with Crippen molar-refractivity contribution in [1.29, 1.82) is 0 Å². The molecule has 7 heteroatoms. The van der Waals surface area contributed by atoms with Crippen LogP contribution in [0.3, 0.4) is 0 Å². The Kier molecular flexibility index (Phi) is 5.06. The van der Waals surface area contributed by atoms with E-state index >= 15 is 0 Å². The molecule has 0 aliphatic carbocycles. The molecule has 0 saturated carbocycles. The van der Waals surface area contributed by atoms with E-state index in [9.17, 15) is 4.79 Å². The normalized spacial score (nSPS) is 18.2. The van der Waals surface area contributed by atoms with Crippen LogP contribution in [0, 0.1) is 5.92 Å². The van der Waals surface area contributed by atoms with Crippen LogP contribution in [0.5, 0.6) is 0 Å². The zero-order chi connectivity index (χ0) is 15.4. The number of aromatic nitrogens is 2. The predicted molar refractivity (Wildman–Crippen MR) is 82.3 cm³/mol. The minimum absolute atomic E-state index is 0.265. The number of nitrogens with two attached hydrogens (primary N) is 1. The quantitative estimate of drug-likeness (QED) is 0.680. The fraction of sp³-hybridized carbons (Fsp3) is 0.714. The highest BCUT2D eigenvalue weighted by atomic mass is 16.5. The van der Waals surface area contributed by atoms with Crippen LogP contribution in [0.25, 0.3) is 0 Å². The van der Waals surface area contributed by atoms with Crippen molar-refractivity contribution in [3.05, 3.63) is 5.56 Å². The van der Waals surface area contributed by atoms with E-state index in [4.69, 9.17) is 10.5 Å². The van der Waals surface area contributed by atoms with Gasteiger partial charge in [0.1, 0.15) is 11.4 Å². The molecule has 21 heavy (non-hydrogen) atoms. The van der Waals surface area contributed by atoms with E-state index in [0.717, 1.165) is 25.9 Å². The molecule has 0 amide bonds. The van der Waals surface area contributed by atoms with Crippen molar-refractivity contribution in [2.75, 3.05) is 31.2 Å². The second-order valence-corrected chi connectivity index (χ2v) is 5.84. The Bertz CT molecular complexity index is 492. The van der Waals surface area contributed by atoms with Gasteiger partial charge in [0.05, 0.1) is 7.11 Å². The van der Waals surface area contributed by atoms with Gasteiger partial charge in [-0.3, -0.25) is 0 Å². The fourth-order valence-electron chi connectivity index (χ4n) is 2.40. The van der Waals surface area contributed by atoms with Gasteiger partial charge >= 0.3 is 5.97 Å². The van der Waals surface area contributed by atoms with Crippen LogP contribution >= 0.6 is 0 Å². The molecule has 0 radical (unpaired) electrons. The van der Waals surface area contributed by atoms with Gasteiger partial charge in [-0.15, -0.1) is 0 Å². The van der Waals surface area contributed by atoms with Crippen molar-refractivity contribution < 1.29 is 9.53 Å². The van der Waals surface area contributed by atoms with Crippen molar-refractivity contribution in [3.63, 3.8) is 0 Å². The van der Waals surface area contributed by atoms with Crippen LogP contribution in [0.4, 0.5) is 11.6 Å². The highest BCUT2D eigenvalue weighted by Crippen LogP contribution is 2.25. The van der Waals surface area contributed by atoms with Gasteiger partial charge in [-0.25, -0.2) is 9.48 Å². The lowest BCUT2D eigenvalue weighted by Crippen LogP contribution is -2.23. The van der Waals surface area contributed by atoms with Crippen molar-refractivity contribution in [2.45, 2.75) is 39.3 Å². The Morgan fingerprint density at radius 1 is 1.62 bits per heavy atom. The molecule has 2 rings (SSSR count). The molecule has 0 bridgehead atoms. The zero-order valence-electron chi connectivity index (χ0n) is 13.0. The second kappa shape index (κ2) is 6.80. The van der Waals surface area contributed by atoms with Gasteiger partial charge in [-0.05, 0) is 25.3 Å². The van der Waals surface area contributed by atoms with E-state index in [0.29, 0.717) is 29.7 Å². The first-order valence-electron chi connectivity index (χ1n) is 7.44. The number of ether oxygens (including phenoxy) is 1. The second-order valence-electron chi connectivity index (χ2n) is 5.84. The molecule has 1 aromatic rings. The van der Waals surface area contributed by atoms with Gasteiger partial charge in [0.2, 0.25) is 0 Å². The summed E-state index contributed by atoms with van der Waals surface area (Å²) in [5, 5.41) is 11.0. The fourth-order valence-corrected chi connectivity index (χ4v) is 2.40. The van der Waals surface area contributed by atoms with Crippen LogP contribution in [0.1, 0.15) is 37.0 Å². The monoisotopic (exact) mass is 295 g/mol. The summed E-state index contributed by atoms with van der Waals surface area (Å²) in [7, 11) is 1.36. The molecule has 1 aromatic heterocycles. The van der Waals surface area contributed by atoms with Gasteiger partial charge in [0.15, 0.2) is 5.82 Å². The number of rotatable bonds is 6. The average Bonchev–Trinajstić information content (AvgIpc) is 3.05. The van der Waals surface area contributed by atoms with Crippen LogP contribution < -0.4 is 16.4 Å². The van der Waals surface area contributed by atoms with Gasteiger partial charge < -0.3 is 21.1 Å². The molecule has 4 N–H and O–H groups in total. The Balaban J connectivity index is 2.23. The molecule has 1 saturated heterocycles. The minimum Gasteiger partial charge on any atom is -0.465 e. The summed E-state index contributed by atoms with van der Waals surface area (Å²) in [5.74, 6) is 0.995. The first-order chi connectivity index (χ1) is 10.0. The number of carbonyl (C=O) groups is 1. The Hall–Kier alpha value is -1.76. The smallest absolute Gasteiger partial charge is 0.345 e. The maximum absolute atomic E-state index is 12.0. The summed E-state index contributed by atoms with van der Waals surface area (Å²) >= 11 is 0. The third-order valence-electron chi connectivity index (χ3n) is 3.70. The SMILES string of the molecule is COC(=O)c1c(NC2CCNC2)nn(CCC(C)C)c1N. The number of hydrogen-bond acceptors (Lipinski definition) is 6. The van der Waals surface area contributed by atoms with Gasteiger partial charge in [0.25, 0.3) is 0 Å². The molecule has 1 aliphatic heterocycles. The average molecular weight is 295 g/mol. The molecular formula is C14H25N5O2. The topological polar surface area (TPSA) is 94.2 Å². The van der Waals surface area contributed by atoms with Crippen molar-refractivity contribution in [3.8, 4) is 0 Å². The minimum atomic E-state index is -0.447. The third kappa shape index (κ3) is 3.66. The summed E-state index contributed by atoms with van der Waals surface area (Å²) in [5.41, 5.74) is 6.43. The molecular weight excluding hydrogens is 270 g/mol. The van der Waals surface area contributed by atoms with E-state index < -0.39 is 5.97 Å². The number of carbonyl (C=O) groups excluding carboxylic acids is 1. The Morgan fingerprint density at radius 3 is 2.95 bits per heavy atom. The molecule has 1 aliphatic rings. The molecule has 1 fully saturated rings. The number of aryl methyl sites for hydroxylation is 1. The summed E-state index contributed by atoms with van der Waals surface area (Å²) in [6, 6.07) is 0.265. The van der Waals surface area contributed by atoms with Crippen LogP contribution in [0.2, 0.25) is 0 Å². The zero-order valence-corrected chi connectivity index (χ0v) is 13.0. The highest BCUT2D eigenvalue weighted by Gasteiger charge is 2.25. The van der Waals surface area contributed by atoms with Crippen LogP contribution in [0.15, 0.2) is 0 Å². The predicted octanol–water partition coefficient (Wildman–Crippen LogP) is 1.07. The number of anilines is 2. The summed E-state index contributed by atoms with van der Waals surface area (Å²) in [6.45, 7) is 6.81. The number of esters is 1. The van der Waals surface area contributed by atoms with E-state index in [2.05, 4.69) is 29.6 Å². The van der Waals surface area contributed by atoms with E-state index in [1.807, 2.05) is 0 Å². The van der Waals surface area contributed by atoms with Crippen molar-refractivity contribution >= 4 is 17.6 Å². The molecule has 118 valence electrons. The largest absolute Gasteiger partial charge is 0.465 e. The van der Waals surface area contributed by atoms with Crippen LogP contribution in [-0.2, 0) is 11.3 Å². The first-order valence-corrected chi connectivity index (χ1v) is 7.44. The number of nitrogens with zero attached hydrogens (tertiary/aromatic N) is 2. The van der Waals surface area contributed by atoms with E-state index in [-0.39, 0.29) is 6.04 Å². The summed E-state index contributed by atoms with van der Waals surface area (Å²) in [4.78, 5) is 12.0. The highest BCUT2D eigenvalue weighted by molar-refractivity contribution is 5.99. The van der Waals surface area contributed by atoms with Crippen LogP contribution in [-0.4, -0.2) is 42.0 Å². The molecule has 2 heterocycles.